The Hall–Kier alpha value is -4.51. The number of nitrogens with one attached hydrogen (secondary N) is 3. The van der Waals surface area contributed by atoms with Crippen molar-refractivity contribution in [2.45, 2.75) is 49.9 Å². The van der Waals surface area contributed by atoms with Gasteiger partial charge in [-0.15, -0.1) is 13.2 Å². The minimum Gasteiger partial charge on any atom is -0.448 e. The molecule has 260 valence electrons. The molecule has 1 aliphatic rings. The number of hydrogen-bond acceptors (Lipinski definition) is 7. The second-order valence-electron chi connectivity index (χ2n) is 10.8. The first-order valence-corrected chi connectivity index (χ1v) is 14.5. The van der Waals surface area contributed by atoms with Gasteiger partial charge < -0.3 is 30.2 Å². The average molecular weight is 691 g/mol. The minimum absolute atomic E-state index is 0.0632. The van der Waals surface area contributed by atoms with Gasteiger partial charge in [0.25, 0.3) is 0 Å². The molecule has 2 amide bonds. The zero-order valence-corrected chi connectivity index (χ0v) is 25.0. The second kappa shape index (κ2) is 16.1. The molecule has 2 heterocycles. The first-order valence-electron chi connectivity index (χ1n) is 14.5. The number of carbonyl (C=O) groups is 2. The number of hydrogen-bond donors (Lipinski definition) is 3. The Kier molecular flexibility index (Phi) is 12.2. The van der Waals surface area contributed by atoms with Crippen LogP contribution in [0.1, 0.15) is 35.4 Å². The van der Waals surface area contributed by atoms with Crippen LogP contribution in [0, 0.1) is 11.6 Å². The summed E-state index contributed by atoms with van der Waals surface area (Å²) in [5, 5.41) is 7.29. The molecule has 17 heteroatoms. The van der Waals surface area contributed by atoms with Crippen molar-refractivity contribution in [1.29, 1.82) is 0 Å². The van der Waals surface area contributed by atoms with Gasteiger partial charge in [-0.05, 0) is 48.2 Å². The Morgan fingerprint density at radius 3 is 2.25 bits per heavy atom. The molecule has 0 bridgehead atoms. The topological polar surface area (TPSA) is 111 Å². The van der Waals surface area contributed by atoms with Crippen LogP contribution in [0.25, 0.3) is 0 Å². The van der Waals surface area contributed by atoms with E-state index in [0.717, 1.165) is 18.3 Å². The van der Waals surface area contributed by atoms with Gasteiger partial charge in [-0.1, -0.05) is 24.3 Å². The number of ether oxygens (including phenoxy) is 3. The quantitative estimate of drug-likeness (QED) is 0.200. The Balaban J connectivity index is 1.35. The summed E-state index contributed by atoms with van der Waals surface area (Å²) >= 11 is 0. The first-order chi connectivity index (χ1) is 22.6. The van der Waals surface area contributed by atoms with E-state index >= 15 is 0 Å². The van der Waals surface area contributed by atoms with Gasteiger partial charge in [-0.2, -0.15) is 13.2 Å². The number of rotatable bonds is 12. The number of amides is 2. The van der Waals surface area contributed by atoms with Crippen molar-refractivity contribution in [3.05, 3.63) is 89.2 Å². The van der Waals surface area contributed by atoms with Gasteiger partial charge in [0, 0.05) is 24.4 Å². The van der Waals surface area contributed by atoms with E-state index in [4.69, 9.17) is 9.47 Å². The molecule has 0 radical (unpaired) electrons. The van der Waals surface area contributed by atoms with Crippen LogP contribution in [0.15, 0.2) is 60.9 Å². The lowest BCUT2D eigenvalue weighted by Crippen LogP contribution is -2.49. The van der Waals surface area contributed by atoms with Crippen LogP contribution >= 0.6 is 0 Å². The van der Waals surface area contributed by atoms with E-state index in [-0.39, 0.29) is 43.9 Å². The van der Waals surface area contributed by atoms with E-state index in [1.54, 1.807) is 5.32 Å². The summed E-state index contributed by atoms with van der Waals surface area (Å²) in [6.07, 6.45) is -8.70. The summed E-state index contributed by atoms with van der Waals surface area (Å²) in [7, 11) is 0. The lowest BCUT2D eigenvalue weighted by Gasteiger charge is -2.30. The van der Waals surface area contributed by atoms with Crippen LogP contribution in [0.5, 0.6) is 5.75 Å². The molecule has 3 N–H and O–H groups in total. The zero-order valence-electron chi connectivity index (χ0n) is 25.0. The fraction of sp³-hybridized carbons (Fsp3) is 0.387. The maximum atomic E-state index is 14.9. The highest BCUT2D eigenvalue weighted by molar-refractivity contribution is 5.92. The molecule has 0 unspecified atom stereocenters. The number of halogens is 8. The third-order valence-electron chi connectivity index (χ3n) is 7.19. The number of carbonyl (C=O) groups excluding carboxylic acids is 2. The Bertz CT molecular complexity index is 1510. The van der Waals surface area contributed by atoms with Crippen LogP contribution in [0.3, 0.4) is 0 Å². The number of benzene rings is 2. The number of morpholine rings is 1. The summed E-state index contributed by atoms with van der Waals surface area (Å²) in [6.45, 7) is -1.44. The standard InChI is InChI=1S/C31H30F8N4O5/c32-20-5-1-18(2-6-20)25(19-3-7-22(8-4-19)48-31(37,38)39)11-28(44)43-27-14-40-13-26(33)24(27)10-9-23-12-41-21(15-46-23)16-47-29(45)42-17-30(34,35)36/h1-8,13-14,21,23,25,41H,9-12,15-17H2,(H,42,45)(H,43,44)/t21-,23+,25+/m0/s1. The summed E-state index contributed by atoms with van der Waals surface area (Å²) in [5.41, 5.74) is 1.17. The highest BCUT2D eigenvalue weighted by atomic mass is 19.4. The number of alkyl halides is 6. The van der Waals surface area contributed by atoms with Crippen LogP contribution < -0.4 is 20.7 Å². The lowest BCUT2D eigenvalue weighted by atomic mass is 9.88. The molecule has 0 saturated carbocycles. The lowest BCUT2D eigenvalue weighted by molar-refractivity contribution is -0.274. The molecule has 0 spiro atoms. The normalized spacial score (nSPS) is 17.3. The molecule has 1 aromatic heterocycles. The molecule has 4 rings (SSSR count). The maximum Gasteiger partial charge on any atom is 0.573 e. The van der Waals surface area contributed by atoms with E-state index in [0.29, 0.717) is 17.5 Å². The number of nitrogens with zero attached hydrogens (tertiary/aromatic N) is 1. The van der Waals surface area contributed by atoms with Crippen molar-refractivity contribution < 1.29 is 58.9 Å². The predicted molar refractivity (Wildman–Crippen MR) is 154 cm³/mol. The third kappa shape index (κ3) is 11.6. The predicted octanol–water partition coefficient (Wildman–Crippen LogP) is 6.00. The molecule has 48 heavy (non-hydrogen) atoms. The second-order valence-corrected chi connectivity index (χ2v) is 10.8. The van der Waals surface area contributed by atoms with Crippen molar-refractivity contribution in [1.82, 2.24) is 15.6 Å². The van der Waals surface area contributed by atoms with Crippen LogP contribution in [-0.4, -0.2) is 68.0 Å². The number of alkyl carbamates (subject to hydrolysis) is 1. The first kappa shape index (κ1) is 36.3. The van der Waals surface area contributed by atoms with Crippen molar-refractivity contribution in [3.8, 4) is 5.75 Å². The van der Waals surface area contributed by atoms with E-state index in [1.807, 2.05) is 0 Å². The molecule has 2 aromatic carbocycles. The Morgan fingerprint density at radius 2 is 1.65 bits per heavy atom. The van der Waals surface area contributed by atoms with Gasteiger partial charge in [-0.25, -0.2) is 13.6 Å². The molecule has 3 aromatic rings. The average Bonchev–Trinajstić information content (AvgIpc) is 3.02. The fourth-order valence-corrected chi connectivity index (χ4v) is 4.90. The van der Waals surface area contributed by atoms with Gasteiger partial charge in [0.1, 0.15) is 30.5 Å². The van der Waals surface area contributed by atoms with Gasteiger partial charge in [-0.3, -0.25) is 9.78 Å². The van der Waals surface area contributed by atoms with Crippen molar-refractivity contribution in [2.24, 2.45) is 0 Å². The molecule has 0 aliphatic carbocycles. The van der Waals surface area contributed by atoms with Gasteiger partial charge >= 0.3 is 18.6 Å². The van der Waals surface area contributed by atoms with E-state index in [9.17, 15) is 44.7 Å². The summed E-state index contributed by atoms with van der Waals surface area (Å²) in [6, 6.07) is 9.68. The van der Waals surface area contributed by atoms with E-state index in [2.05, 4.69) is 20.4 Å². The van der Waals surface area contributed by atoms with Crippen LogP contribution in [-0.2, 0) is 20.7 Å². The molecule has 9 nitrogen and oxygen atoms in total. The van der Waals surface area contributed by atoms with Gasteiger partial charge in [0.15, 0.2) is 0 Å². The molecule has 1 fully saturated rings. The van der Waals surface area contributed by atoms with Gasteiger partial charge in [0.05, 0.1) is 36.8 Å². The van der Waals surface area contributed by atoms with Crippen molar-refractivity contribution >= 4 is 17.7 Å². The monoisotopic (exact) mass is 690 g/mol. The zero-order chi connectivity index (χ0) is 34.9. The Morgan fingerprint density at radius 1 is 0.979 bits per heavy atom. The molecular weight excluding hydrogens is 660 g/mol. The number of pyridine rings is 1. The smallest absolute Gasteiger partial charge is 0.448 e. The molecule has 1 aliphatic heterocycles. The minimum atomic E-state index is -4.89. The summed E-state index contributed by atoms with van der Waals surface area (Å²) < 4.78 is 117. The molecule has 1 saturated heterocycles. The number of anilines is 1. The molecule has 3 atom stereocenters. The van der Waals surface area contributed by atoms with Crippen LogP contribution in [0.2, 0.25) is 0 Å². The highest BCUT2D eigenvalue weighted by Crippen LogP contribution is 2.32. The van der Waals surface area contributed by atoms with Crippen molar-refractivity contribution in [2.75, 3.05) is 31.6 Å². The third-order valence-corrected chi connectivity index (χ3v) is 7.19. The van der Waals surface area contributed by atoms with Gasteiger partial charge in [0.2, 0.25) is 5.91 Å². The van der Waals surface area contributed by atoms with E-state index < -0.39 is 66.5 Å². The van der Waals surface area contributed by atoms with Crippen molar-refractivity contribution in [3.63, 3.8) is 0 Å². The molecular formula is C31H30F8N4O5. The summed E-state index contributed by atoms with van der Waals surface area (Å²) in [4.78, 5) is 28.5. The fourth-order valence-electron chi connectivity index (χ4n) is 4.90. The maximum absolute atomic E-state index is 14.9. The summed E-state index contributed by atoms with van der Waals surface area (Å²) in [5.74, 6) is -2.98. The highest BCUT2D eigenvalue weighted by Gasteiger charge is 2.31. The van der Waals surface area contributed by atoms with E-state index in [1.165, 1.54) is 42.6 Å². The number of aromatic nitrogens is 1. The SMILES string of the molecule is O=C(C[C@H](c1ccc(F)cc1)c1ccc(OC(F)(F)F)cc1)Nc1cncc(F)c1CC[C@@H]1CN[C@H](COC(=O)NCC(F)(F)F)CO1. The Labute approximate surface area is 269 Å². The largest absolute Gasteiger partial charge is 0.573 e. The van der Waals surface area contributed by atoms with Crippen LogP contribution in [0.4, 0.5) is 45.6 Å².